The monoisotopic (exact) mass is 172 g/mol. The van der Waals surface area contributed by atoms with Crippen molar-refractivity contribution < 1.29 is 14.4 Å². The standard InChI is InChI=1S/C7H12N2O3/c1-6(5-8)7(10)9-12-4-3-11-2/h6H,3-4H2,1-2H3,(H,9,10). The van der Waals surface area contributed by atoms with Crippen LogP contribution in [0.1, 0.15) is 6.92 Å². The third kappa shape index (κ3) is 4.66. The third-order valence-corrected chi connectivity index (χ3v) is 1.15. The fraction of sp³-hybridized carbons (Fsp3) is 0.714. The summed E-state index contributed by atoms with van der Waals surface area (Å²) < 4.78 is 4.67. The molecule has 1 amide bonds. The molecule has 5 nitrogen and oxygen atoms in total. The van der Waals surface area contributed by atoms with E-state index in [0.29, 0.717) is 6.61 Å². The van der Waals surface area contributed by atoms with E-state index in [1.807, 2.05) is 0 Å². The van der Waals surface area contributed by atoms with Crippen LogP contribution in [0.3, 0.4) is 0 Å². The maximum atomic E-state index is 10.8. The van der Waals surface area contributed by atoms with Gasteiger partial charge >= 0.3 is 0 Å². The van der Waals surface area contributed by atoms with Crippen molar-refractivity contribution in [3.63, 3.8) is 0 Å². The molecule has 0 bridgehead atoms. The molecule has 0 fully saturated rings. The second-order valence-corrected chi connectivity index (χ2v) is 2.16. The molecule has 1 N–H and O–H groups in total. The molecule has 0 saturated carbocycles. The first-order valence-corrected chi connectivity index (χ1v) is 3.52. The Morgan fingerprint density at radius 2 is 2.33 bits per heavy atom. The first kappa shape index (κ1) is 10.9. The number of carbonyl (C=O) groups excluding carboxylic acids is 1. The number of nitriles is 1. The van der Waals surface area contributed by atoms with Crippen molar-refractivity contribution in [1.82, 2.24) is 5.48 Å². The van der Waals surface area contributed by atoms with Crippen LogP contribution in [0.2, 0.25) is 0 Å². The molecular formula is C7H12N2O3. The van der Waals surface area contributed by atoms with E-state index in [9.17, 15) is 4.79 Å². The summed E-state index contributed by atoms with van der Waals surface area (Å²) in [4.78, 5) is 15.5. The minimum Gasteiger partial charge on any atom is -0.382 e. The SMILES string of the molecule is COCCONC(=O)C(C)C#N. The zero-order valence-corrected chi connectivity index (χ0v) is 7.16. The molecule has 0 spiro atoms. The lowest BCUT2D eigenvalue weighted by Gasteiger charge is -2.05. The van der Waals surface area contributed by atoms with Gasteiger partial charge in [0.2, 0.25) is 0 Å². The summed E-state index contributed by atoms with van der Waals surface area (Å²) in [6, 6.07) is 1.78. The lowest BCUT2D eigenvalue weighted by atomic mass is 10.2. The highest BCUT2D eigenvalue weighted by Crippen LogP contribution is 1.89. The quantitative estimate of drug-likeness (QED) is 0.462. The number of hydroxylamine groups is 1. The van der Waals surface area contributed by atoms with E-state index in [1.165, 1.54) is 14.0 Å². The molecule has 1 atom stereocenters. The number of hydrogen-bond acceptors (Lipinski definition) is 4. The van der Waals surface area contributed by atoms with E-state index in [1.54, 1.807) is 6.07 Å². The van der Waals surface area contributed by atoms with Gasteiger partial charge in [-0.15, -0.1) is 0 Å². The van der Waals surface area contributed by atoms with E-state index in [4.69, 9.17) is 5.26 Å². The van der Waals surface area contributed by atoms with Gasteiger partial charge in [0, 0.05) is 7.11 Å². The Kier molecular flexibility index (Phi) is 5.97. The minimum atomic E-state index is -0.687. The second kappa shape index (κ2) is 6.58. The van der Waals surface area contributed by atoms with Gasteiger partial charge in [-0.25, -0.2) is 5.48 Å². The minimum absolute atomic E-state index is 0.278. The van der Waals surface area contributed by atoms with Gasteiger partial charge in [0.05, 0.1) is 19.3 Å². The van der Waals surface area contributed by atoms with Crippen LogP contribution in [0.15, 0.2) is 0 Å². The predicted molar refractivity (Wildman–Crippen MR) is 40.7 cm³/mol. The maximum Gasteiger partial charge on any atom is 0.260 e. The molecule has 0 saturated heterocycles. The van der Waals surface area contributed by atoms with Gasteiger partial charge in [0.1, 0.15) is 5.92 Å². The number of nitrogens with zero attached hydrogens (tertiary/aromatic N) is 1. The highest BCUT2D eigenvalue weighted by molar-refractivity contribution is 5.79. The maximum absolute atomic E-state index is 10.8. The van der Waals surface area contributed by atoms with Crippen molar-refractivity contribution >= 4 is 5.91 Å². The van der Waals surface area contributed by atoms with Gasteiger partial charge in [-0.1, -0.05) is 0 Å². The van der Waals surface area contributed by atoms with Gasteiger partial charge in [0.25, 0.3) is 5.91 Å². The molecule has 0 rings (SSSR count). The van der Waals surface area contributed by atoms with Gasteiger partial charge in [-0.3, -0.25) is 9.63 Å². The summed E-state index contributed by atoms with van der Waals surface area (Å²) >= 11 is 0. The van der Waals surface area contributed by atoms with Crippen LogP contribution < -0.4 is 5.48 Å². The van der Waals surface area contributed by atoms with Gasteiger partial charge < -0.3 is 4.74 Å². The third-order valence-electron chi connectivity index (χ3n) is 1.15. The Hall–Kier alpha value is -1.12. The smallest absolute Gasteiger partial charge is 0.260 e. The molecule has 5 heteroatoms. The normalized spacial score (nSPS) is 11.8. The Morgan fingerprint density at radius 1 is 1.67 bits per heavy atom. The molecule has 0 aromatic rings. The highest BCUT2D eigenvalue weighted by atomic mass is 16.7. The summed E-state index contributed by atoms with van der Waals surface area (Å²) in [7, 11) is 1.53. The molecule has 0 radical (unpaired) electrons. The van der Waals surface area contributed by atoms with Crippen LogP contribution in [0.5, 0.6) is 0 Å². The average Bonchev–Trinajstić information content (AvgIpc) is 2.10. The lowest BCUT2D eigenvalue weighted by molar-refractivity contribution is -0.136. The summed E-state index contributed by atoms with van der Waals surface area (Å²) in [5, 5.41) is 8.32. The molecule has 0 aromatic carbocycles. The zero-order chi connectivity index (χ0) is 9.40. The average molecular weight is 172 g/mol. The molecule has 1 unspecified atom stereocenters. The fourth-order valence-corrected chi connectivity index (χ4v) is 0.394. The molecular weight excluding hydrogens is 160 g/mol. The molecule has 12 heavy (non-hydrogen) atoms. The van der Waals surface area contributed by atoms with E-state index in [-0.39, 0.29) is 6.61 Å². The largest absolute Gasteiger partial charge is 0.382 e. The van der Waals surface area contributed by atoms with Crippen molar-refractivity contribution in [1.29, 1.82) is 5.26 Å². The molecule has 0 heterocycles. The molecule has 0 aliphatic rings. The summed E-state index contributed by atoms with van der Waals surface area (Å²) in [6.07, 6.45) is 0. The van der Waals surface area contributed by atoms with Crippen LogP contribution in [-0.2, 0) is 14.4 Å². The van der Waals surface area contributed by atoms with E-state index in [2.05, 4.69) is 15.1 Å². The van der Waals surface area contributed by atoms with Crippen molar-refractivity contribution in [2.45, 2.75) is 6.92 Å². The molecule has 0 aliphatic heterocycles. The van der Waals surface area contributed by atoms with Crippen LogP contribution in [-0.4, -0.2) is 26.2 Å². The van der Waals surface area contributed by atoms with Crippen molar-refractivity contribution in [3.05, 3.63) is 0 Å². The first-order chi connectivity index (χ1) is 5.72. The van der Waals surface area contributed by atoms with E-state index < -0.39 is 11.8 Å². The highest BCUT2D eigenvalue weighted by Gasteiger charge is 2.10. The number of nitrogens with one attached hydrogen (secondary N) is 1. The Morgan fingerprint density at radius 3 is 2.83 bits per heavy atom. The number of ether oxygens (including phenoxy) is 1. The topological polar surface area (TPSA) is 71.3 Å². The number of methoxy groups -OCH3 is 1. The van der Waals surface area contributed by atoms with E-state index >= 15 is 0 Å². The lowest BCUT2D eigenvalue weighted by Crippen LogP contribution is -2.29. The van der Waals surface area contributed by atoms with Gasteiger partial charge in [-0.05, 0) is 6.92 Å². The van der Waals surface area contributed by atoms with Gasteiger partial charge in [0.15, 0.2) is 0 Å². The first-order valence-electron chi connectivity index (χ1n) is 3.52. The van der Waals surface area contributed by atoms with Gasteiger partial charge in [-0.2, -0.15) is 5.26 Å². The van der Waals surface area contributed by atoms with Crippen LogP contribution in [0, 0.1) is 17.2 Å². The summed E-state index contributed by atoms with van der Waals surface area (Å²) in [5.74, 6) is -1.12. The Bertz CT molecular complexity index is 176. The number of amides is 1. The Labute approximate surface area is 71.2 Å². The van der Waals surface area contributed by atoms with Crippen LogP contribution in [0.25, 0.3) is 0 Å². The molecule has 0 aliphatic carbocycles. The molecule has 68 valence electrons. The number of carbonyl (C=O) groups is 1. The fourth-order valence-electron chi connectivity index (χ4n) is 0.394. The predicted octanol–water partition coefficient (Wildman–Crippen LogP) is -0.160. The van der Waals surface area contributed by atoms with Crippen LogP contribution in [0.4, 0.5) is 0 Å². The number of hydrogen-bond donors (Lipinski definition) is 1. The van der Waals surface area contributed by atoms with E-state index in [0.717, 1.165) is 0 Å². The summed E-state index contributed by atoms with van der Waals surface area (Å²) in [6.45, 7) is 2.18. The Balaban J connectivity index is 3.39. The van der Waals surface area contributed by atoms with Crippen LogP contribution >= 0.6 is 0 Å². The van der Waals surface area contributed by atoms with Crippen molar-refractivity contribution in [2.24, 2.45) is 5.92 Å². The zero-order valence-electron chi connectivity index (χ0n) is 7.16. The summed E-state index contributed by atoms with van der Waals surface area (Å²) in [5.41, 5.74) is 2.13. The molecule has 0 aromatic heterocycles. The van der Waals surface area contributed by atoms with Crippen molar-refractivity contribution in [2.75, 3.05) is 20.3 Å². The van der Waals surface area contributed by atoms with Crippen molar-refractivity contribution in [3.8, 4) is 6.07 Å². The second-order valence-electron chi connectivity index (χ2n) is 2.16. The number of rotatable bonds is 5.